The maximum atomic E-state index is 11.8. The first-order valence-corrected chi connectivity index (χ1v) is 6.18. The first kappa shape index (κ1) is 15.7. The van der Waals surface area contributed by atoms with Crippen LogP contribution in [0.3, 0.4) is 0 Å². The van der Waals surface area contributed by atoms with Crippen LogP contribution in [0.25, 0.3) is 0 Å². The van der Waals surface area contributed by atoms with Crippen LogP contribution >= 0.6 is 0 Å². The molecule has 6 heteroatoms. The zero-order chi connectivity index (χ0) is 15.1. The minimum Gasteiger partial charge on any atom is -0.544 e. The van der Waals surface area contributed by atoms with E-state index in [-0.39, 0.29) is 17.9 Å². The molecule has 1 rings (SSSR count). The van der Waals surface area contributed by atoms with E-state index in [0.717, 1.165) is 5.56 Å². The van der Waals surface area contributed by atoms with Crippen molar-refractivity contribution >= 4 is 17.6 Å². The molecule has 20 heavy (non-hydrogen) atoms. The number of aromatic hydroxyl groups is 1. The Morgan fingerprint density at radius 3 is 2.85 bits per heavy atom. The Labute approximate surface area is 117 Å². The second-order valence-electron chi connectivity index (χ2n) is 4.46. The second kappa shape index (κ2) is 7.30. The minimum atomic E-state index is -1.31. The van der Waals surface area contributed by atoms with E-state index in [4.69, 9.17) is 0 Å². The van der Waals surface area contributed by atoms with Crippen molar-refractivity contribution in [2.75, 3.05) is 11.9 Å². The number of aliphatic carboxylic acids is 1. The summed E-state index contributed by atoms with van der Waals surface area (Å²) in [6.07, 6.45) is 1.30. The van der Waals surface area contributed by atoms with Gasteiger partial charge in [0.15, 0.2) is 0 Å². The maximum absolute atomic E-state index is 11.8. The standard InChI is InChI=1S/C14H18N2O4/c1-3-6-15-11(14(19)20)8-13(18)16-10-7-9(2)4-5-12(10)17/h3-5,7,11,15,17H,1,6,8H2,2H3,(H,16,18)(H,19,20)/t11-/m0/s1. The predicted octanol–water partition coefficient (Wildman–Crippen LogP) is -1.10. The lowest BCUT2D eigenvalue weighted by molar-refractivity contribution is -0.674. The summed E-state index contributed by atoms with van der Waals surface area (Å²) in [7, 11) is 0. The highest BCUT2D eigenvalue weighted by Crippen LogP contribution is 2.23. The van der Waals surface area contributed by atoms with E-state index in [1.165, 1.54) is 11.4 Å². The van der Waals surface area contributed by atoms with E-state index in [2.05, 4.69) is 11.9 Å². The van der Waals surface area contributed by atoms with Crippen molar-refractivity contribution in [1.82, 2.24) is 0 Å². The molecule has 0 aliphatic carbocycles. The molecule has 1 aromatic rings. The SMILES string of the molecule is C=CC[NH2+][C@@H](CC(=O)Nc1cc(C)ccc1O)C(=O)[O-]. The van der Waals surface area contributed by atoms with Gasteiger partial charge in [0.2, 0.25) is 5.91 Å². The molecule has 0 bridgehead atoms. The van der Waals surface area contributed by atoms with Crippen molar-refractivity contribution in [3.8, 4) is 5.75 Å². The monoisotopic (exact) mass is 278 g/mol. The van der Waals surface area contributed by atoms with Crippen molar-refractivity contribution in [1.29, 1.82) is 0 Å². The molecule has 1 atom stereocenters. The molecular formula is C14H18N2O4. The van der Waals surface area contributed by atoms with Crippen molar-refractivity contribution < 1.29 is 25.1 Å². The van der Waals surface area contributed by atoms with Gasteiger partial charge in [0.1, 0.15) is 11.8 Å². The molecule has 0 fully saturated rings. The summed E-state index contributed by atoms with van der Waals surface area (Å²) in [5.74, 6) is -1.88. The Morgan fingerprint density at radius 1 is 1.55 bits per heavy atom. The van der Waals surface area contributed by atoms with Gasteiger partial charge in [0.25, 0.3) is 0 Å². The molecule has 0 aliphatic heterocycles. The third kappa shape index (κ3) is 4.74. The van der Waals surface area contributed by atoms with E-state index < -0.39 is 17.9 Å². The number of hydrogen-bond donors (Lipinski definition) is 3. The van der Waals surface area contributed by atoms with Crippen molar-refractivity contribution in [3.05, 3.63) is 36.4 Å². The molecule has 0 heterocycles. The van der Waals surface area contributed by atoms with Gasteiger partial charge in [-0.25, -0.2) is 0 Å². The van der Waals surface area contributed by atoms with Crippen molar-refractivity contribution in [2.24, 2.45) is 0 Å². The van der Waals surface area contributed by atoms with E-state index in [1.54, 1.807) is 18.2 Å². The van der Waals surface area contributed by atoms with E-state index in [0.29, 0.717) is 6.54 Å². The minimum absolute atomic E-state index is 0.0657. The highest BCUT2D eigenvalue weighted by atomic mass is 16.4. The lowest BCUT2D eigenvalue weighted by atomic mass is 10.1. The number of benzene rings is 1. The van der Waals surface area contributed by atoms with E-state index >= 15 is 0 Å². The van der Waals surface area contributed by atoms with Crippen LogP contribution in [-0.4, -0.2) is 29.6 Å². The van der Waals surface area contributed by atoms with Gasteiger partial charge in [-0.15, -0.1) is 0 Å². The number of carboxylic acids is 1. The van der Waals surface area contributed by atoms with Gasteiger partial charge < -0.3 is 25.6 Å². The normalized spacial score (nSPS) is 11.7. The summed E-state index contributed by atoms with van der Waals surface area (Å²) in [6.45, 7) is 5.67. The summed E-state index contributed by atoms with van der Waals surface area (Å²) in [4.78, 5) is 22.7. The number of anilines is 1. The van der Waals surface area contributed by atoms with Crippen molar-refractivity contribution in [3.63, 3.8) is 0 Å². The number of nitrogens with two attached hydrogens (primary N) is 1. The van der Waals surface area contributed by atoms with Crippen LogP contribution in [0.2, 0.25) is 0 Å². The maximum Gasteiger partial charge on any atom is 0.230 e. The van der Waals surface area contributed by atoms with Crippen LogP contribution in [0.1, 0.15) is 12.0 Å². The fraction of sp³-hybridized carbons (Fsp3) is 0.286. The third-order valence-electron chi connectivity index (χ3n) is 2.72. The van der Waals surface area contributed by atoms with Gasteiger partial charge in [-0.1, -0.05) is 12.6 Å². The second-order valence-corrected chi connectivity index (χ2v) is 4.46. The first-order chi connectivity index (χ1) is 9.43. The van der Waals surface area contributed by atoms with Crippen LogP contribution in [0.15, 0.2) is 30.9 Å². The van der Waals surface area contributed by atoms with Gasteiger partial charge in [-0.3, -0.25) is 4.79 Å². The summed E-state index contributed by atoms with van der Waals surface area (Å²) in [5.41, 5.74) is 1.13. The number of carbonyl (C=O) groups excluding carboxylic acids is 2. The topological polar surface area (TPSA) is 106 Å². The zero-order valence-corrected chi connectivity index (χ0v) is 11.3. The highest BCUT2D eigenvalue weighted by molar-refractivity contribution is 5.94. The summed E-state index contributed by atoms with van der Waals surface area (Å²) >= 11 is 0. The Hall–Kier alpha value is -2.34. The lowest BCUT2D eigenvalue weighted by Crippen LogP contribution is -2.93. The number of aryl methyl sites for hydroxylation is 1. The molecule has 4 N–H and O–H groups in total. The number of phenolic OH excluding ortho intramolecular Hbond substituents is 1. The summed E-state index contributed by atoms with van der Waals surface area (Å²) in [6, 6.07) is 3.78. The molecule has 108 valence electrons. The average Bonchev–Trinajstić information content (AvgIpc) is 2.38. The third-order valence-corrected chi connectivity index (χ3v) is 2.72. The van der Waals surface area contributed by atoms with Crippen LogP contribution in [-0.2, 0) is 9.59 Å². The Morgan fingerprint density at radius 2 is 2.25 bits per heavy atom. The molecule has 6 nitrogen and oxygen atoms in total. The zero-order valence-electron chi connectivity index (χ0n) is 11.3. The lowest BCUT2D eigenvalue weighted by Gasteiger charge is -2.15. The molecular weight excluding hydrogens is 260 g/mol. The van der Waals surface area contributed by atoms with E-state index in [1.807, 2.05) is 6.92 Å². The van der Waals surface area contributed by atoms with Crippen LogP contribution < -0.4 is 15.7 Å². The average molecular weight is 278 g/mol. The van der Waals surface area contributed by atoms with Crippen LogP contribution in [0, 0.1) is 6.92 Å². The number of carbonyl (C=O) groups is 2. The number of nitrogens with one attached hydrogen (secondary N) is 1. The number of hydrogen-bond acceptors (Lipinski definition) is 4. The summed E-state index contributed by atoms with van der Waals surface area (Å²) < 4.78 is 0. The first-order valence-electron chi connectivity index (χ1n) is 6.18. The molecule has 0 radical (unpaired) electrons. The van der Waals surface area contributed by atoms with Crippen molar-refractivity contribution in [2.45, 2.75) is 19.4 Å². The molecule has 0 saturated carbocycles. The van der Waals surface area contributed by atoms with Gasteiger partial charge in [-0.2, -0.15) is 0 Å². The number of amides is 1. The number of rotatable bonds is 7. The molecule has 1 amide bonds. The highest BCUT2D eigenvalue weighted by Gasteiger charge is 2.18. The van der Waals surface area contributed by atoms with E-state index in [9.17, 15) is 19.8 Å². The molecule has 1 aromatic carbocycles. The Balaban J connectivity index is 2.67. The largest absolute Gasteiger partial charge is 0.544 e. The predicted molar refractivity (Wildman–Crippen MR) is 71.9 cm³/mol. The number of carboxylic acid groups (broad SMARTS) is 1. The molecule has 0 aliphatic rings. The number of quaternary nitrogens is 1. The van der Waals surface area contributed by atoms with Gasteiger partial charge in [0.05, 0.1) is 24.6 Å². The van der Waals surface area contributed by atoms with Gasteiger partial charge >= 0.3 is 0 Å². The fourth-order valence-electron chi connectivity index (χ4n) is 1.67. The molecule has 0 saturated heterocycles. The Bertz CT molecular complexity index is 514. The summed E-state index contributed by atoms with van der Waals surface area (Å²) in [5, 5.41) is 24.5. The smallest absolute Gasteiger partial charge is 0.230 e. The van der Waals surface area contributed by atoms with Crippen LogP contribution in [0.5, 0.6) is 5.75 Å². The van der Waals surface area contributed by atoms with Gasteiger partial charge in [0, 0.05) is 0 Å². The Kier molecular flexibility index (Phi) is 5.74. The quantitative estimate of drug-likeness (QED) is 0.434. The van der Waals surface area contributed by atoms with Gasteiger partial charge in [-0.05, 0) is 30.7 Å². The fourth-order valence-corrected chi connectivity index (χ4v) is 1.67. The number of phenols is 1. The van der Waals surface area contributed by atoms with Crippen LogP contribution in [0.4, 0.5) is 5.69 Å². The molecule has 0 spiro atoms. The molecule has 0 unspecified atom stereocenters. The molecule has 0 aromatic heterocycles.